The number of thiazole rings is 1. The number of rotatable bonds is 7. The topological polar surface area (TPSA) is 101 Å². The number of carbonyl (C=O) groups is 1. The van der Waals surface area contributed by atoms with Crippen molar-refractivity contribution in [1.29, 1.82) is 0 Å². The predicted molar refractivity (Wildman–Crippen MR) is 155 cm³/mol. The molecule has 0 aliphatic heterocycles. The number of furan rings is 1. The number of sulfonamides is 1. The van der Waals surface area contributed by atoms with Gasteiger partial charge in [-0.1, -0.05) is 39.8 Å². The monoisotopic (exact) mass is 563 g/mol. The highest BCUT2D eigenvalue weighted by molar-refractivity contribution is 7.93. The minimum absolute atomic E-state index is 0.0722. The highest BCUT2D eigenvalue weighted by Crippen LogP contribution is 2.46. The van der Waals surface area contributed by atoms with E-state index in [4.69, 9.17) is 4.42 Å². The number of aromatic nitrogens is 1. The van der Waals surface area contributed by atoms with Crippen LogP contribution in [0.15, 0.2) is 69.4 Å². The molecule has 1 aliphatic rings. The standard InChI is InChI=1S/C30H33N3O4S2/c1-19-16-24-25(30(4,5)13-12-29(24,2)3)18-20(19)17-22-8-11-26(37-22)27(34)32-21-6-9-23(10-7-21)39(35,36)33-28-31-14-15-38-28/h6-11,14-16,18H,12-13,17H2,1-5H3,(H,31,33)(H,32,34). The van der Waals surface area contributed by atoms with E-state index in [1.165, 1.54) is 70.5 Å². The van der Waals surface area contributed by atoms with E-state index in [2.05, 4.69) is 61.8 Å². The molecule has 2 aromatic heterocycles. The van der Waals surface area contributed by atoms with Crippen LogP contribution in [0.1, 0.15) is 79.1 Å². The Bertz CT molecular complexity index is 1620. The Balaban J connectivity index is 1.28. The average molecular weight is 564 g/mol. The molecule has 7 nitrogen and oxygen atoms in total. The van der Waals surface area contributed by atoms with Crippen LogP contribution in [0.4, 0.5) is 10.8 Å². The lowest BCUT2D eigenvalue weighted by Gasteiger charge is -2.42. The first-order valence-corrected chi connectivity index (χ1v) is 15.3. The fourth-order valence-corrected chi connectivity index (χ4v) is 6.89. The molecule has 0 saturated heterocycles. The van der Waals surface area contributed by atoms with Crippen molar-refractivity contribution in [3.8, 4) is 0 Å². The van der Waals surface area contributed by atoms with Gasteiger partial charge < -0.3 is 9.73 Å². The van der Waals surface area contributed by atoms with Crippen LogP contribution < -0.4 is 10.0 Å². The zero-order valence-corrected chi connectivity index (χ0v) is 24.4. The Hall–Kier alpha value is -3.43. The van der Waals surface area contributed by atoms with Gasteiger partial charge in [0.15, 0.2) is 10.9 Å². The molecule has 5 rings (SSSR count). The van der Waals surface area contributed by atoms with Crippen molar-refractivity contribution >= 4 is 38.1 Å². The Labute approximate surface area is 233 Å². The number of nitrogens with zero attached hydrogens (tertiary/aromatic N) is 1. The second-order valence-corrected chi connectivity index (χ2v) is 14.0. The van der Waals surface area contributed by atoms with Gasteiger partial charge in [-0.25, -0.2) is 13.4 Å². The van der Waals surface area contributed by atoms with Crippen LogP contribution in [0.2, 0.25) is 0 Å². The minimum atomic E-state index is -3.76. The molecule has 1 aliphatic carbocycles. The molecule has 4 aromatic rings. The van der Waals surface area contributed by atoms with Crippen molar-refractivity contribution in [3.05, 3.63) is 93.9 Å². The Kier molecular flexibility index (Phi) is 6.93. The zero-order chi connectivity index (χ0) is 28.0. The van der Waals surface area contributed by atoms with E-state index in [1.807, 2.05) is 6.07 Å². The van der Waals surface area contributed by atoms with Gasteiger partial charge in [0.25, 0.3) is 15.9 Å². The number of aryl methyl sites for hydroxylation is 1. The van der Waals surface area contributed by atoms with E-state index in [0.717, 1.165) is 6.42 Å². The summed E-state index contributed by atoms with van der Waals surface area (Å²) in [5.41, 5.74) is 5.98. The van der Waals surface area contributed by atoms with Crippen LogP contribution >= 0.6 is 11.3 Å². The van der Waals surface area contributed by atoms with Gasteiger partial charge in [-0.3, -0.25) is 9.52 Å². The largest absolute Gasteiger partial charge is 0.456 e. The third-order valence-electron chi connectivity index (χ3n) is 7.64. The lowest BCUT2D eigenvalue weighted by atomic mass is 9.62. The molecule has 0 radical (unpaired) electrons. The number of hydrogen-bond donors (Lipinski definition) is 2. The van der Waals surface area contributed by atoms with Crippen molar-refractivity contribution in [2.24, 2.45) is 0 Å². The number of nitrogens with one attached hydrogen (secondary N) is 2. The molecule has 39 heavy (non-hydrogen) atoms. The number of fused-ring (bicyclic) bond motifs is 1. The van der Waals surface area contributed by atoms with Crippen LogP contribution in [-0.4, -0.2) is 19.3 Å². The summed E-state index contributed by atoms with van der Waals surface area (Å²) in [4.78, 5) is 16.9. The molecule has 204 valence electrons. The van der Waals surface area contributed by atoms with Crippen molar-refractivity contribution in [3.63, 3.8) is 0 Å². The number of anilines is 2. The first-order chi connectivity index (χ1) is 18.3. The van der Waals surface area contributed by atoms with E-state index >= 15 is 0 Å². The molecule has 9 heteroatoms. The predicted octanol–water partition coefficient (Wildman–Crippen LogP) is 7.04. The summed E-state index contributed by atoms with van der Waals surface area (Å²) in [6.07, 6.45) is 4.44. The first-order valence-electron chi connectivity index (χ1n) is 12.9. The molecule has 0 saturated carbocycles. The van der Waals surface area contributed by atoms with Crippen LogP contribution in [0.25, 0.3) is 0 Å². The summed E-state index contributed by atoms with van der Waals surface area (Å²) in [5, 5.41) is 4.75. The summed E-state index contributed by atoms with van der Waals surface area (Å²) >= 11 is 1.19. The molecule has 1 amide bonds. The van der Waals surface area contributed by atoms with Crippen LogP contribution in [-0.2, 0) is 27.3 Å². The highest BCUT2D eigenvalue weighted by Gasteiger charge is 2.37. The van der Waals surface area contributed by atoms with E-state index in [-0.39, 0.29) is 21.5 Å². The highest BCUT2D eigenvalue weighted by atomic mass is 32.2. The minimum Gasteiger partial charge on any atom is -0.456 e. The summed E-state index contributed by atoms with van der Waals surface area (Å²) in [5.74, 6) is 0.512. The molecule has 0 spiro atoms. The summed E-state index contributed by atoms with van der Waals surface area (Å²) in [6, 6.07) is 14.1. The van der Waals surface area contributed by atoms with Gasteiger partial charge in [-0.05, 0) is 89.2 Å². The SMILES string of the molecule is Cc1cc2c(cc1Cc1ccc(C(=O)Nc3ccc(S(=O)(=O)Nc4nccs4)cc3)o1)C(C)(C)CCC2(C)C. The van der Waals surface area contributed by atoms with Crippen molar-refractivity contribution in [2.45, 2.75) is 69.6 Å². The quantitative estimate of drug-likeness (QED) is 0.251. The van der Waals surface area contributed by atoms with Crippen LogP contribution in [0.5, 0.6) is 0 Å². The molecule has 0 unspecified atom stereocenters. The van der Waals surface area contributed by atoms with E-state index in [0.29, 0.717) is 23.0 Å². The van der Waals surface area contributed by atoms with E-state index in [9.17, 15) is 13.2 Å². The van der Waals surface area contributed by atoms with Gasteiger partial charge in [0.2, 0.25) is 0 Å². The summed E-state index contributed by atoms with van der Waals surface area (Å²) < 4.78 is 33.4. The third kappa shape index (κ3) is 5.65. The van der Waals surface area contributed by atoms with Crippen molar-refractivity contribution < 1.29 is 17.6 Å². The molecule has 2 N–H and O–H groups in total. The fraction of sp³-hybridized carbons (Fsp3) is 0.333. The lowest BCUT2D eigenvalue weighted by molar-refractivity contribution is 0.0995. The van der Waals surface area contributed by atoms with Gasteiger partial charge in [0.1, 0.15) is 5.76 Å². The maximum absolute atomic E-state index is 12.8. The molecule has 0 bridgehead atoms. The maximum Gasteiger partial charge on any atom is 0.291 e. The molecule has 2 heterocycles. The van der Waals surface area contributed by atoms with E-state index < -0.39 is 15.9 Å². The zero-order valence-electron chi connectivity index (χ0n) is 22.8. The molecule has 0 atom stereocenters. The number of benzene rings is 2. The average Bonchev–Trinajstić information content (AvgIpc) is 3.55. The Morgan fingerprint density at radius 2 is 1.67 bits per heavy atom. The number of carbonyl (C=O) groups excluding carboxylic acids is 1. The fourth-order valence-electron chi connectivity index (χ4n) is 5.10. The van der Waals surface area contributed by atoms with Gasteiger partial charge in [0, 0.05) is 23.7 Å². The van der Waals surface area contributed by atoms with Gasteiger partial charge in [-0.2, -0.15) is 0 Å². The maximum atomic E-state index is 12.8. The van der Waals surface area contributed by atoms with Crippen molar-refractivity contribution in [2.75, 3.05) is 10.0 Å². The van der Waals surface area contributed by atoms with E-state index in [1.54, 1.807) is 11.4 Å². The Morgan fingerprint density at radius 3 is 2.31 bits per heavy atom. The van der Waals surface area contributed by atoms with Gasteiger partial charge in [0.05, 0.1) is 4.90 Å². The first kappa shape index (κ1) is 27.1. The normalized spacial score (nSPS) is 15.9. The lowest BCUT2D eigenvalue weighted by Crippen LogP contribution is -2.34. The van der Waals surface area contributed by atoms with Gasteiger partial charge in [-0.15, -0.1) is 11.3 Å². The van der Waals surface area contributed by atoms with Crippen molar-refractivity contribution in [1.82, 2.24) is 4.98 Å². The third-order valence-corrected chi connectivity index (χ3v) is 9.81. The number of amides is 1. The smallest absolute Gasteiger partial charge is 0.291 e. The molecular formula is C30H33N3O4S2. The summed E-state index contributed by atoms with van der Waals surface area (Å²) in [7, 11) is -3.76. The molecule has 0 fully saturated rings. The second-order valence-electron chi connectivity index (χ2n) is 11.5. The second kappa shape index (κ2) is 9.95. The van der Waals surface area contributed by atoms with Crippen LogP contribution in [0, 0.1) is 6.92 Å². The number of hydrogen-bond acceptors (Lipinski definition) is 6. The van der Waals surface area contributed by atoms with Crippen LogP contribution in [0.3, 0.4) is 0 Å². The van der Waals surface area contributed by atoms with Gasteiger partial charge >= 0.3 is 0 Å². The molecular weight excluding hydrogens is 530 g/mol. The summed E-state index contributed by atoms with van der Waals surface area (Å²) in [6.45, 7) is 11.4. The molecule has 2 aromatic carbocycles. The Morgan fingerprint density at radius 1 is 1.00 bits per heavy atom.